The molecule has 0 aromatic carbocycles. The van der Waals surface area contributed by atoms with Crippen LogP contribution in [0.4, 0.5) is 5.82 Å². The summed E-state index contributed by atoms with van der Waals surface area (Å²) in [6.45, 7) is 8.97. The summed E-state index contributed by atoms with van der Waals surface area (Å²) in [4.78, 5) is 6.58. The molecular formula is C14H25N3O. The van der Waals surface area contributed by atoms with Gasteiger partial charge in [-0.15, -0.1) is 0 Å². The number of hydrogen-bond donors (Lipinski definition) is 2. The second-order valence-electron chi connectivity index (χ2n) is 4.77. The third-order valence-electron chi connectivity index (χ3n) is 2.71. The van der Waals surface area contributed by atoms with Crippen LogP contribution in [0.3, 0.4) is 0 Å². The number of aliphatic hydroxyl groups excluding tert-OH is 1. The predicted octanol–water partition coefficient (Wildman–Crippen LogP) is 1.79. The minimum absolute atomic E-state index is 0.165. The first-order valence-corrected chi connectivity index (χ1v) is 6.71. The summed E-state index contributed by atoms with van der Waals surface area (Å²) < 4.78 is 0. The van der Waals surface area contributed by atoms with Crippen molar-refractivity contribution in [2.45, 2.75) is 39.8 Å². The van der Waals surface area contributed by atoms with Crippen molar-refractivity contribution in [1.29, 1.82) is 0 Å². The van der Waals surface area contributed by atoms with E-state index >= 15 is 0 Å². The van der Waals surface area contributed by atoms with Crippen molar-refractivity contribution >= 4 is 5.82 Å². The SMILES string of the molecule is CCCN(CCO)c1ccc(CNC(C)C)cn1. The van der Waals surface area contributed by atoms with E-state index in [0.717, 1.165) is 25.3 Å². The van der Waals surface area contributed by atoms with Gasteiger partial charge in [-0.25, -0.2) is 4.98 Å². The molecule has 0 aliphatic heterocycles. The quantitative estimate of drug-likeness (QED) is 0.739. The minimum Gasteiger partial charge on any atom is -0.395 e. The largest absolute Gasteiger partial charge is 0.395 e. The molecule has 1 aromatic heterocycles. The smallest absolute Gasteiger partial charge is 0.128 e. The van der Waals surface area contributed by atoms with Gasteiger partial charge in [0.2, 0.25) is 0 Å². The average Bonchev–Trinajstić information content (AvgIpc) is 2.37. The summed E-state index contributed by atoms with van der Waals surface area (Å²) in [6.07, 6.45) is 2.96. The third kappa shape index (κ3) is 5.02. The molecule has 4 nitrogen and oxygen atoms in total. The lowest BCUT2D eigenvalue weighted by atomic mass is 10.2. The monoisotopic (exact) mass is 251 g/mol. The van der Waals surface area contributed by atoms with Gasteiger partial charge in [0, 0.05) is 31.9 Å². The van der Waals surface area contributed by atoms with Crippen molar-refractivity contribution in [2.24, 2.45) is 0 Å². The summed E-state index contributed by atoms with van der Waals surface area (Å²) in [5.41, 5.74) is 1.19. The zero-order valence-electron chi connectivity index (χ0n) is 11.7. The number of nitrogens with zero attached hydrogens (tertiary/aromatic N) is 2. The van der Waals surface area contributed by atoms with E-state index in [9.17, 15) is 0 Å². The van der Waals surface area contributed by atoms with E-state index in [2.05, 4.69) is 42.0 Å². The van der Waals surface area contributed by atoms with Gasteiger partial charge in [0.15, 0.2) is 0 Å². The summed E-state index contributed by atoms with van der Waals surface area (Å²) in [5.74, 6) is 0.944. The Morgan fingerprint density at radius 1 is 1.33 bits per heavy atom. The first kappa shape index (κ1) is 14.9. The minimum atomic E-state index is 0.165. The first-order valence-electron chi connectivity index (χ1n) is 6.71. The first-order chi connectivity index (χ1) is 8.67. The highest BCUT2D eigenvalue weighted by Crippen LogP contribution is 2.11. The Morgan fingerprint density at radius 2 is 2.11 bits per heavy atom. The van der Waals surface area contributed by atoms with Crippen molar-refractivity contribution in [3.8, 4) is 0 Å². The van der Waals surface area contributed by atoms with Crippen LogP contribution in [0.15, 0.2) is 18.3 Å². The fourth-order valence-electron chi connectivity index (χ4n) is 1.76. The molecule has 0 unspecified atom stereocenters. The Kier molecular flexibility index (Phi) is 6.68. The lowest BCUT2D eigenvalue weighted by molar-refractivity contribution is 0.301. The molecule has 0 aliphatic rings. The van der Waals surface area contributed by atoms with Crippen molar-refractivity contribution in [3.63, 3.8) is 0 Å². The van der Waals surface area contributed by atoms with Gasteiger partial charge < -0.3 is 15.3 Å². The lowest BCUT2D eigenvalue weighted by Crippen LogP contribution is -2.28. The van der Waals surface area contributed by atoms with Gasteiger partial charge in [-0.1, -0.05) is 26.8 Å². The summed E-state index contributed by atoms with van der Waals surface area (Å²) in [6, 6.07) is 4.61. The molecule has 102 valence electrons. The number of rotatable bonds is 8. The Labute approximate surface area is 110 Å². The van der Waals surface area contributed by atoms with Crippen molar-refractivity contribution in [1.82, 2.24) is 10.3 Å². The second kappa shape index (κ2) is 8.06. The van der Waals surface area contributed by atoms with Gasteiger partial charge in [-0.2, -0.15) is 0 Å². The van der Waals surface area contributed by atoms with E-state index in [0.29, 0.717) is 12.6 Å². The maximum Gasteiger partial charge on any atom is 0.128 e. The van der Waals surface area contributed by atoms with Crippen LogP contribution in [-0.2, 0) is 6.54 Å². The molecule has 0 bridgehead atoms. The zero-order chi connectivity index (χ0) is 13.4. The Balaban J connectivity index is 2.61. The van der Waals surface area contributed by atoms with Crippen LogP contribution < -0.4 is 10.2 Å². The van der Waals surface area contributed by atoms with E-state index in [4.69, 9.17) is 5.11 Å². The molecule has 1 aromatic rings. The van der Waals surface area contributed by atoms with Crippen LogP contribution in [0.1, 0.15) is 32.8 Å². The topological polar surface area (TPSA) is 48.4 Å². The molecule has 1 heterocycles. The van der Waals surface area contributed by atoms with Crippen LogP contribution >= 0.6 is 0 Å². The number of aromatic nitrogens is 1. The molecule has 0 atom stereocenters. The summed E-state index contributed by atoms with van der Waals surface area (Å²) >= 11 is 0. The number of anilines is 1. The molecule has 0 saturated carbocycles. The van der Waals surface area contributed by atoms with Crippen molar-refractivity contribution in [2.75, 3.05) is 24.6 Å². The number of nitrogens with one attached hydrogen (secondary N) is 1. The number of aliphatic hydroxyl groups is 1. The fourth-order valence-corrected chi connectivity index (χ4v) is 1.76. The van der Waals surface area contributed by atoms with Crippen molar-refractivity contribution in [3.05, 3.63) is 23.9 Å². The third-order valence-corrected chi connectivity index (χ3v) is 2.71. The molecule has 0 fully saturated rings. The summed E-state index contributed by atoms with van der Waals surface area (Å²) in [7, 11) is 0. The van der Waals surface area contributed by atoms with E-state index in [1.807, 2.05) is 12.3 Å². The highest BCUT2D eigenvalue weighted by atomic mass is 16.3. The zero-order valence-corrected chi connectivity index (χ0v) is 11.7. The molecular weight excluding hydrogens is 226 g/mol. The van der Waals surface area contributed by atoms with Gasteiger partial charge in [0.25, 0.3) is 0 Å². The average molecular weight is 251 g/mol. The molecule has 4 heteroatoms. The van der Waals surface area contributed by atoms with Crippen LogP contribution in [-0.4, -0.2) is 35.8 Å². The fraction of sp³-hybridized carbons (Fsp3) is 0.643. The number of hydrogen-bond acceptors (Lipinski definition) is 4. The Hall–Kier alpha value is -1.13. The maximum absolute atomic E-state index is 9.05. The van der Waals surface area contributed by atoms with Gasteiger partial charge >= 0.3 is 0 Å². The highest BCUT2D eigenvalue weighted by Gasteiger charge is 2.06. The standard InChI is InChI=1S/C14H25N3O/c1-4-7-17(8-9-18)14-6-5-13(11-16-14)10-15-12(2)3/h5-6,11-12,15,18H,4,7-10H2,1-3H3. The molecule has 0 spiro atoms. The summed E-state index contributed by atoms with van der Waals surface area (Å²) in [5, 5.41) is 12.4. The Morgan fingerprint density at radius 3 is 2.61 bits per heavy atom. The van der Waals surface area contributed by atoms with Crippen LogP contribution in [0.2, 0.25) is 0 Å². The van der Waals surface area contributed by atoms with E-state index in [1.54, 1.807) is 0 Å². The second-order valence-corrected chi connectivity index (χ2v) is 4.77. The molecule has 1 rings (SSSR count). The van der Waals surface area contributed by atoms with E-state index in [1.165, 1.54) is 5.56 Å². The highest BCUT2D eigenvalue weighted by molar-refractivity contribution is 5.39. The van der Waals surface area contributed by atoms with Gasteiger partial charge in [0.05, 0.1) is 6.61 Å². The van der Waals surface area contributed by atoms with E-state index in [-0.39, 0.29) is 6.61 Å². The van der Waals surface area contributed by atoms with Gasteiger partial charge in [-0.3, -0.25) is 0 Å². The Bertz CT molecular complexity index is 318. The van der Waals surface area contributed by atoms with Crippen LogP contribution in [0.5, 0.6) is 0 Å². The predicted molar refractivity (Wildman–Crippen MR) is 75.8 cm³/mol. The van der Waals surface area contributed by atoms with Gasteiger partial charge in [0.1, 0.15) is 5.82 Å². The molecule has 0 saturated heterocycles. The number of pyridine rings is 1. The van der Waals surface area contributed by atoms with E-state index < -0.39 is 0 Å². The van der Waals surface area contributed by atoms with Crippen molar-refractivity contribution < 1.29 is 5.11 Å². The maximum atomic E-state index is 9.05. The van der Waals surface area contributed by atoms with Crippen LogP contribution in [0, 0.1) is 0 Å². The normalized spacial score (nSPS) is 10.9. The molecule has 2 N–H and O–H groups in total. The van der Waals surface area contributed by atoms with Gasteiger partial charge in [-0.05, 0) is 18.1 Å². The molecule has 18 heavy (non-hydrogen) atoms. The van der Waals surface area contributed by atoms with Crippen LogP contribution in [0.25, 0.3) is 0 Å². The molecule has 0 amide bonds. The lowest BCUT2D eigenvalue weighted by Gasteiger charge is -2.22. The molecule has 0 radical (unpaired) electrons. The molecule has 0 aliphatic carbocycles.